The summed E-state index contributed by atoms with van der Waals surface area (Å²) < 4.78 is 17.2. The van der Waals surface area contributed by atoms with Crippen molar-refractivity contribution < 1.29 is 14.2 Å². The van der Waals surface area contributed by atoms with Crippen LogP contribution in [0.15, 0.2) is 29.3 Å². The van der Waals surface area contributed by atoms with Gasteiger partial charge in [-0.3, -0.25) is 9.89 Å². The first-order valence-electron chi connectivity index (χ1n) is 10.8. The number of morpholine rings is 1. The van der Waals surface area contributed by atoms with Crippen molar-refractivity contribution in [3.63, 3.8) is 0 Å². The first kappa shape index (κ1) is 25.2. The highest BCUT2D eigenvalue weighted by Crippen LogP contribution is 2.28. The quantitative estimate of drug-likeness (QED) is 0.205. The Hall–Kier alpha value is -1.10. The summed E-state index contributed by atoms with van der Waals surface area (Å²) in [5, 5.41) is 3.44. The van der Waals surface area contributed by atoms with E-state index in [0.29, 0.717) is 13.2 Å². The van der Waals surface area contributed by atoms with E-state index in [1.807, 2.05) is 32.3 Å². The molecule has 0 unspecified atom stereocenters. The standard InChI is InChI=1S/C22H36N4O3.HI/c1-23-22(25(2)9-13-28-18-19-7-8-19)24-17-20-5-3-4-6-21(20)29-16-12-26-10-14-27-15-11-26;/h3-6,19H,7-18H2,1-2H3,(H,23,24);1H. The number of ether oxygens (including phenoxy) is 3. The molecule has 0 radical (unpaired) electrons. The molecule has 7 nitrogen and oxygen atoms in total. The number of aliphatic imine (C=N–C) groups is 1. The van der Waals surface area contributed by atoms with Gasteiger partial charge in [0.1, 0.15) is 12.4 Å². The molecule has 1 aromatic carbocycles. The van der Waals surface area contributed by atoms with Gasteiger partial charge in [0.2, 0.25) is 0 Å². The Kier molecular flexibility index (Phi) is 11.8. The second-order valence-electron chi connectivity index (χ2n) is 7.75. The highest BCUT2D eigenvalue weighted by atomic mass is 127. The van der Waals surface area contributed by atoms with Crippen LogP contribution in [0.25, 0.3) is 0 Å². The van der Waals surface area contributed by atoms with Crippen molar-refractivity contribution in [2.75, 3.05) is 73.3 Å². The number of hydrogen-bond donors (Lipinski definition) is 1. The van der Waals surface area contributed by atoms with Gasteiger partial charge in [0, 0.05) is 59.0 Å². The van der Waals surface area contributed by atoms with Crippen LogP contribution in [-0.2, 0) is 16.0 Å². The van der Waals surface area contributed by atoms with Crippen molar-refractivity contribution in [1.82, 2.24) is 15.1 Å². The number of nitrogens with one attached hydrogen (secondary N) is 1. The van der Waals surface area contributed by atoms with Gasteiger partial charge >= 0.3 is 0 Å². The summed E-state index contributed by atoms with van der Waals surface area (Å²) >= 11 is 0. The number of halogens is 1. The SMILES string of the molecule is CN=C(NCc1ccccc1OCCN1CCOCC1)N(C)CCOCC1CC1.I. The first-order valence-corrected chi connectivity index (χ1v) is 10.8. The number of hydrogen-bond acceptors (Lipinski definition) is 5. The third-order valence-corrected chi connectivity index (χ3v) is 5.37. The minimum absolute atomic E-state index is 0. The van der Waals surface area contributed by atoms with Gasteiger partial charge in [-0.15, -0.1) is 24.0 Å². The molecular weight excluding hydrogens is 495 g/mol. The van der Waals surface area contributed by atoms with Crippen LogP contribution in [-0.4, -0.2) is 89.1 Å². The molecule has 0 bridgehead atoms. The molecule has 2 aliphatic rings. The molecule has 1 N–H and O–H groups in total. The lowest BCUT2D eigenvalue weighted by atomic mass is 10.2. The van der Waals surface area contributed by atoms with E-state index in [1.54, 1.807) is 0 Å². The zero-order valence-electron chi connectivity index (χ0n) is 18.3. The van der Waals surface area contributed by atoms with Gasteiger partial charge in [-0.25, -0.2) is 0 Å². The number of para-hydroxylation sites is 1. The molecule has 0 aromatic heterocycles. The monoisotopic (exact) mass is 532 g/mol. The lowest BCUT2D eigenvalue weighted by molar-refractivity contribution is 0.0322. The molecular formula is C22H37IN4O3. The smallest absolute Gasteiger partial charge is 0.193 e. The van der Waals surface area contributed by atoms with E-state index in [1.165, 1.54) is 12.8 Å². The number of likely N-dealkylation sites (N-methyl/N-ethyl adjacent to an activating group) is 1. The molecule has 30 heavy (non-hydrogen) atoms. The van der Waals surface area contributed by atoms with Crippen molar-refractivity contribution in [2.45, 2.75) is 19.4 Å². The van der Waals surface area contributed by atoms with Gasteiger partial charge in [0.25, 0.3) is 0 Å². The molecule has 170 valence electrons. The minimum Gasteiger partial charge on any atom is -0.492 e. The zero-order chi connectivity index (χ0) is 20.3. The molecule has 1 saturated heterocycles. The maximum Gasteiger partial charge on any atom is 0.193 e. The summed E-state index contributed by atoms with van der Waals surface area (Å²) in [6, 6.07) is 8.20. The van der Waals surface area contributed by atoms with Crippen LogP contribution in [0.1, 0.15) is 18.4 Å². The van der Waals surface area contributed by atoms with Gasteiger partial charge in [0.15, 0.2) is 5.96 Å². The summed E-state index contributed by atoms with van der Waals surface area (Å²) in [5.41, 5.74) is 1.13. The highest BCUT2D eigenvalue weighted by molar-refractivity contribution is 14.0. The topological polar surface area (TPSA) is 58.6 Å². The fourth-order valence-electron chi connectivity index (χ4n) is 3.30. The van der Waals surface area contributed by atoms with Crippen LogP contribution in [0, 0.1) is 5.92 Å². The lowest BCUT2D eigenvalue weighted by Crippen LogP contribution is -2.40. The predicted molar refractivity (Wildman–Crippen MR) is 131 cm³/mol. The Bertz CT molecular complexity index is 637. The normalized spacial score (nSPS) is 17.3. The van der Waals surface area contributed by atoms with Crippen molar-refractivity contribution in [3.8, 4) is 5.75 Å². The van der Waals surface area contributed by atoms with Gasteiger partial charge in [0.05, 0.1) is 19.8 Å². The molecule has 0 atom stereocenters. The van der Waals surface area contributed by atoms with E-state index in [4.69, 9.17) is 14.2 Å². The van der Waals surface area contributed by atoms with E-state index in [-0.39, 0.29) is 24.0 Å². The van der Waals surface area contributed by atoms with Crippen LogP contribution in [0.5, 0.6) is 5.75 Å². The molecule has 0 spiro atoms. The highest BCUT2D eigenvalue weighted by Gasteiger charge is 2.21. The van der Waals surface area contributed by atoms with Crippen molar-refractivity contribution in [1.29, 1.82) is 0 Å². The molecule has 0 amide bonds. The summed E-state index contributed by atoms with van der Waals surface area (Å²) in [7, 11) is 3.86. The summed E-state index contributed by atoms with van der Waals surface area (Å²) in [4.78, 5) is 8.89. The van der Waals surface area contributed by atoms with Crippen molar-refractivity contribution in [2.24, 2.45) is 10.9 Å². The third kappa shape index (κ3) is 8.95. The van der Waals surface area contributed by atoms with E-state index < -0.39 is 0 Å². The van der Waals surface area contributed by atoms with E-state index in [0.717, 1.165) is 75.8 Å². The number of benzene rings is 1. The Morgan fingerprint density at radius 3 is 2.73 bits per heavy atom. The van der Waals surface area contributed by atoms with Crippen molar-refractivity contribution >= 4 is 29.9 Å². The van der Waals surface area contributed by atoms with Crippen LogP contribution in [0.2, 0.25) is 0 Å². The Balaban J connectivity index is 0.00000320. The van der Waals surface area contributed by atoms with Gasteiger partial charge in [-0.2, -0.15) is 0 Å². The molecule has 1 heterocycles. The summed E-state index contributed by atoms with van der Waals surface area (Å²) in [6.45, 7) is 8.35. The van der Waals surface area contributed by atoms with Crippen LogP contribution >= 0.6 is 24.0 Å². The Morgan fingerprint density at radius 1 is 1.23 bits per heavy atom. The van der Waals surface area contributed by atoms with E-state index in [9.17, 15) is 0 Å². The predicted octanol–water partition coefficient (Wildman–Crippen LogP) is 2.45. The molecule has 3 rings (SSSR count). The molecule has 8 heteroatoms. The first-order chi connectivity index (χ1) is 14.3. The largest absolute Gasteiger partial charge is 0.492 e. The van der Waals surface area contributed by atoms with Crippen LogP contribution in [0.3, 0.4) is 0 Å². The minimum atomic E-state index is 0. The van der Waals surface area contributed by atoms with Gasteiger partial charge in [-0.1, -0.05) is 18.2 Å². The Labute approximate surface area is 198 Å². The van der Waals surface area contributed by atoms with Gasteiger partial charge in [-0.05, 0) is 24.8 Å². The van der Waals surface area contributed by atoms with E-state index >= 15 is 0 Å². The maximum absolute atomic E-state index is 6.08. The fourth-order valence-corrected chi connectivity index (χ4v) is 3.30. The molecule has 2 fully saturated rings. The maximum atomic E-state index is 6.08. The Morgan fingerprint density at radius 2 is 2.00 bits per heavy atom. The van der Waals surface area contributed by atoms with Crippen LogP contribution in [0.4, 0.5) is 0 Å². The molecule has 1 aliphatic heterocycles. The van der Waals surface area contributed by atoms with Gasteiger partial charge < -0.3 is 24.4 Å². The average Bonchev–Trinajstić information content (AvgIpc) is 3.58. The fraction of sp³-hybridized carbons (Fsp3) is 0.682. The summed E-state index contributed by atoms with van der Waals surface area (Å²) in [6.07, 6.45) is 2.65. The number of rotatable bonds is 11. The lowest BCUT2D eigenvalue weighted by Gasteiger charge is -2.26. The second-order valence-corrected chi connectivity index (χ2v) is 7.75. The van der Waals surface area contributed by atoms with Crippen LogP contribution < -0.4 is 10.1 Å². The zero-order valence-corrected chi connectivity index (χ0v) is 20.7. The average molecular weight is 532 g/mol. The molecule has 1 saturated carbocycles. The number of guanidine groups is 1. The molecule has 1 aliphatic carbocycles. The van der Waals surface area contributed by atoms with Crippen molar-refractivity contribution in [3.05, 3.63) is 29.8 Å². The summed E-state index contributed by atoms with van der Waals surface area (Å²) in [5.74, 6) is 2.60. The molecule has 1 aromatic rings. The second kappa shape index (κ2) is 14.1. The van der Waals surface area contributed by atoms with E-state index in [2.05, 4.69) is 26.2 Å². The third-order valence-electron chi connectivity index (χ3n) is 5.37. The number of nitrogens with zero attached hydrogens (tertiary/aromatic N) is 3.